The van der Waals surface area contributed by atoms with Crippen LogP contribution in [0.4, 0.5) is 0 Å². The molecule has 0 aliphatic carbocycles. The molecule has 8 heteroatoms. The molecule has 2 aromatic rings. The van der Waals surface area contributed by atoms with Gasteiger partial charge in [-0.05, 0) is 42.7 Å². The van der Waals surface area contributed by atoms with E-state index in [0.29, 0.717) is 25.1 Å². The van der Waals surface area contributed by atoms with Crippen LogP contribution in [0.25, 0.3) is 0 Å². The van der Waals surface area contributed by atoms with E-state index in [4.69, 9.17) is 0 Å². The molecule has 0 atom stereocenters. The Labute approximate surface area is 135 Å². The van der Waals surface area contributed by atoms with Crippen LogP contribution in [0, 0.1) is 0 Å². The fourth-order valence-corrected chi connectivity index (χ4v) is 3.08. The van der Waals surface area contributed by atoms with Crippen molar-refractivity contribution in [1.82, 2.24) is 20.2 Å². The molecule has 0 saturated carbocycles. The van der Waals surface area contributed by atoms with Crippen molar-refractivity contribution in [2.24, 2.45) is 0 Å². The maximum atomic E-state index is 12.0. The van der Waals surface area contributed by atoms with Crippen molar-refractivity contribution >= 4 is 15.9 Å². The number of carbonyl (C=O) groups is 1. The average Bonchev–Trinajstić information content (AvgIpc) is 3.06. The molecule has 0 radical (unpaired) electrons. The molecule has 0 bridgehead atoms. The second-order valence-electron chi connectivity index (χ2n) is 5.03. The van der Waals surface area contributed by atoms with E-state index in [9.17, 15) is 13.2 Å². The van der Waals surface area contributed by atoms with Crippen LogP contribution in [0.15, 0.2) is 41.6 Å². The lowest BCUT2D eigenvalue weighted by Crippen LogP contribution is -2.26. The average molecular weight is 336 g/mol. The predicted molar refractivity (Wildman–Crippen MR) is 86.5 cm³/mol. The second kappa shape index (κ2) is 7.89. The Kier molecular flexibility index (Phi) is 5.89. The van der Waals surface area contributed by atoms with E-state index in [1.54, 1.807) is 12.4 Å². The molecule has 1 aromatic heterocycles. The van der Waals surface area contributed by atoms with E-state index in [1.165, 1.54) is 24.3 Å². The van der Waals surface area contributed by atoms with Gasteiger partial charge in [-0.2, -0.15) is 5.10 Å². The first-order chi connectivity index (χ1) is 11.0. The summed E-state index contributed by atoms with van der Waals surface area (Å²) in [7, 11) is -3.50. The summed E-state index contributed by atoms with van der Waals surface area (Å²) in [6, 6.07) is 5.88. The van der Waals surface area contributed by atoms with Gasteiger partial charge in [0, 0.05) is 24.8 Å². The third-order valence-corrected chi connectivity index (χ3v) is 4.70. The van der Waals surface area contributed by atoms with E-state index < -0.39 is 10.0 Å². The van der Waals surface area contributed by atoms with Gasteiger partial charge in [-0.15, -0.1) is 0 Å². The van der Waals surface area contributed by atoms with Crippen molar-refractivity contribution in [3.8, 4) is 0 Å². The van der Waals surface area contributed by atoms with Crippen molar-refractivity contribution in [3.05, 3.63) is 47.8 Å². The maximum absolute atomic E-state index is 12.0. The third-order valence-electron chi connectivity index (χ3n) is 3.22. The molecule has 3 N–H and O–H groups in total. The zero-order valence-electron chi connectivity index (χ0n) is 12.9. The molecule has 1 amide bonds. The molecule has 124 valence electrons. The summed E-state index contributed by atoms with van der Waals surface area (Å²) in [5.41, 5.74) is 1.43. The van der Waals surface area contributed by atoms with Crippen LogP contribution in [0.5, 0.6) is 0 Å². The summed E-state index contributed by atoms with van der Waals surface area (Å²) in [5.74, 6) is -0.237. The summed E-state index contributed by atoms with van der Waals surface area (Å²) in [6.07, 6.45) is 4.87. The molecule has 0 fully saturated rings. The van der Waals surface area contributed by atoms with Crippen LogP contribution in [-0.4, -0.2) is 37.6 Å². The Balaban J connectivity index is 1.92. The van der Waals surface area contributed by atoms with Crippen molar-refractivity contribution in [2.45, 2.75) is 24.7 Å². The molecule has 23 heavy (non-hydrogen) atoms. The minimum absolute atomic E-state index is 0.154. The maximum Gasteiger partial charge on any atom is 0.251 e. The van der Waals surface area contributed by atoms with Crippen molar-refractivity contribution in [3.63, 3.8) is 0 Å². The number of rotatable bonds is 8. The van der Waals surface area contributed by atoms with Crippen LogP contribution in [-0.2, 0) is 16.4 Å². The van der Waals surface area contributed by atoms with E-state index in [0.717, 1.165) is 12.0 Å². The Morgan fingerprint density at radius 2 is 1.96 bits per heavy atom. The number of nitrogens with zero attached hydrogens (tertiary/aromatic N) is 1. The lowest BCUT2D eigenvalue weighted by Gasteiger charge is -2.07. The number of hydrogen-bond acceptors (Lipinski definition) is 4. The fraction of sp³-hybridized carbons (Fsp3) is 0.333. The number of hydrogen-bond donors (Lipinski definition) is 3. The van der Waals surface area contributed by atoms with E-state index >= 15 is 0 Å². The Morgan fingerprint density at radius 1 is 1.22 bits per heavy atom. The van der Waals surface area contributed by atoms with Gasteiger partial charge in [-0.25, -0.2) is 13.1 Å². The van der Waals surface area contributed by atoms with E-state index in [2.05, 4.69) is 20.2 Å². The highest BCUT2D eigenvalue weighted by atomic mass is 32.2. The number of amides is 1. The quantitative estimate of drug-likeness (QED) is 0.671. The zero-order valence-corrected chi connectivity index (χ0v) is 13.7. The lowest BCUT2D eigenvalue weighted by molar-refractivity contribution is 0.0954. The van der Waals surface area contributed by atoms with Gasteiger partial charge in [0.1, 0.15) is 0 Å². The van der Waals surface area contributed by atoms with Crippen LogP contribution in [0.2, 0.25) is 0 Å². The molecule has 0 spiro atoms. The number of aromatic nitrogens is 2. The van der Waals surface area contributed by atoms with E-state index in [-0.39, 0.29) is 10.8 Å². The summed E-state index contributed by atoms with van der Waals surface area (Å²) in [5, 5.41) is 9.32. The molecule has 2 rings (SSSR count). The number of nitrogens with one attached hydrogen (secondary N) is 3. The number of aromatic amines is 1. The Hall–Kier alpha value is -2.19. The standard InChI is InChI=1S/C15H20N4O3S/c1-2-8-19-23(21,22)14-5-3-13(4-6-14)15(20)16-9-7-12-10-17-18-11-12/h3-6,10-11,19H,2,7-9H2,1H3,(H,16,20)(H,17,18). The highest BCUT2D eigenvalue weighted by molar-refractivity contribution is 7.89. The first kappa shape index (κ1) is 17.2. The van der Waals surface area contributed by atoms with Gasteiger partial charge in [0.05, 0.1) is 11.1 Å². The molecule has 0 unspecified atom stereocenters. The van der Waals surface area contributed by atoms with Gasteiger partial charge < -0.3 is 5.32 Å². The summed E-state index contributed by atoms with van der Waals surface area (Å²) in [4.78, 5) is 12.2. The summed E-state index contributed by atoms with van der Waals surface area (Å²) < 4.78 is 26.4. The molecular formula is C15H20N4O3S. The van der Waals surface area contributed by atoms with Gasteiger partial charge in [-0.3, -0.25) is 9.89 Å². The molecule has 1 heterocycles. The second-order valence-corrected chi connectivity index (χ2v) is 6.80. The van der Waals surface area contributed by atoms with Gasteiger partial charge in [0.25, 0.3) is 5.91 Å². The van der Waals surface area contributed by atoms with Crippen LogP contribution in [0.1, 0.15) is 29.3 Å². The van der Waals surface area contributed by atoms with Gasteiger partial charge >= 0.3 is 0 Å². The largest absolute Gasteiger partial charge is 0.352 e. The smallest absolute Gasteiger partial charge is 0.251 e. The van der Waals surface area contributed by atoms with Crippen LogP contribution in [0.3, 0.4) is 0 Å². The lowest BCUT2D eigenvalue weighted by atomic mass is 10.2. The Morgan fingerprint density at radius 3 is 2.57 bits per heavy atom. The monoisotopic (exact) mass is 336 g/mol. The molecule has 7 nitrogen and oxygen atoms in total. The van der Waals surface area contributed by atoms with Crippen LogP contribution >= 0.6 is 0 Å². The third kappa shape index (κ3) is 4.90. The SMILES string of the molecule is CCCNS(=O)(=O)c1ccc(C(=O)NCCc2cn[nH]c2)cc1. The van der Waals surface area contributed by atoms with Gasteiger partial charge in [0.15, 0.2) is 0 Å². The van der Waals surface area contributed by atoms with Crippen molar-refractivity contribution in [1.29, 1.82) is 0 Å². The minimum atomic E-state index is -3.50. The molecule has 1 aromatic carbocycles. The molecular weight excluding hydrogens is 316 g/mol. The Bertz CT molecular complexity index is 725. The highest BCUT2D eigenvalue weighted by Gasteiger charge is 2.14. The molecule has 0 saturated heterocycles. The molecule has 0 aliphatic heterocycles. The minimum Gasteiger partial charge on any atom is -0.352 e. The number of sulfonamides is 1. The number of carbonyl (C=O) groups excluding carboxylic acids is 1. The number of benzene rings is 1. The molecule has 0 aliphatic rings. The summed E-state index contributed by atoms with van der Waals surface area (Å²) in [6.45, 7) is 2.76. The first-order valence-electron chi connectivity index (χ1n) is 7.38. The van der Waals surface area contributed by atoms with Crippen molar-refractivity contribution in [2.75, 3.05) is 13.1 Å². The summed E-state index contributed by atoms with van der Waals surface area (Å²) >= 11 is 0. The highest BCUT2D eigenvalue weighted by Crippen LogP contribution is 2.10. The van der Waals surface area contributed by atoms with Gasteiger partial charge in [-0.1, -0.05) is 6.92 Å². The fourth-order valence-electron chi connectivity index (χ4n) is 1.94. The zero-order chi connectivity index (χ0) is 16.7. The van der Waals surface area contributed by atoms with Crippen molar-refractivity contribution < 1.29 is 13.2 Å². The normalized spacial score (nSPS) is 11.3. The number of H-pyrrole nitrogens is 1. The topological polar surface area (TPSA) is 104 Å². The predicted octanol–water partition coefficient (Wildman–Crippen LogP) is 1.07. The van der Waals surface area contributed by atoms with E-state index in [1.807, 2.05) is 6.92 Å². The van der Waals surface area contributed by atoms with Gasteiger partial charge in [0.2, 0.25) is 10.0 Å². The van der Waals surface area contributed by atoms with Crippen LogP contribution < -0.4 is 10.0 Å². The first-order valence-corrected chi connectivity index (χ1v) is 8.87.